The number of likely N-dealkylation sites (tertiary alicyclic amines) is 1. The first-order valence-electron chi connectivity index (χ1n) is 15.0. The van der Waals surface area contributed by atoms with Gasteiger partial charge in [0.1, 0.15) is 6.17 Å². The van der Waals surface area contributed by atoms with Gasteiger partial charge in [-0.2, -0.15) is 0 Å². The van der Waals surface area contributed by atoms with E-state index < -0.39 is 17.4 Å². The summed E-state index contributed by atoms with van der Waals surface area (Å²) in [5.41, 5.74) is -1.42. The predicted octanol–water partition coefficient (Wildman–Crippen LogP) is 4.34. The van der Waals surface area contributed by atoms with Crippen LogP contribution in [0.3, 0.4) is 0 Å². The molecule has 6 nitrogen and oxygen atoms in total. The van der Waals surface area contributed by atoms with E-state index in [0.29, 0.717) is 19.4 Å². The van der Waals surface area contributed by atoms with Crippen molar-refractivity contribution in [3.63, 3.8) is 0 Å². The summed E-state index contributed by atoms with van der Waals surface area (Å²) in [6.07, 6.45) is 9.24. The monoisotopic (exact) mass is 530 g/mol. The van der Waals surface area contributed by atoms with Gasteiger partial charge in [-0.15, -0.1) is 0 Å². The van der Waals surface area contributed by atoms with Gasteiger partial charge < -0.3 is 19.5 Å². The molecule has 5 aliphatic rings. The fourth-order valence-corrected chi connectivity index (χ4v) is 10.4. The lowest BCUT2D eigenvalue weighted by Gasteiger charge is -2.66. The zero-order chi connectivity index (χ0) is 27.1. The molecule has 212 valence electrons. The fourth-order valence-electron chi connectivity index (χ4n) is 10.4. The SMILES string of the molecule is CN1CCC(N(C)[C@H]2CC[C@]3(C)[C@H]4CC[C@]5(C)[C@@H](c6ccc(=O)oc6)CC[C@]5(O)[C@@H]4CC[C@]3(O)C2)[C@H](F)C1. The van der Waals surface area contributed by atoms with Gasteiger partial charge in [-0.1, -0.05) is 13.8 Å². The molecule has 6 rings (SSSR count). The number of rotatable bonds is 3. The Bertz CT molecular complexity index is 1090. The van der Waals surface area contributed by atoms with Gasteiger partial charge >= 0.3 is 5.63 Å². The largest absolute Gasteiger partial charge is 0.431 e. The number of nitrogens with zero attached hydrogens (tertiary/aromatic N) is 2. The molecule has 1 aromatic rings. The molecule has 0 bridgehead atoms. The average molecular weight is 531 g/mol. The quantitative estimate of drug-likeness (QED) is 0.606. The van der Waals surface area contributed by atoms with Gasteiger partial charge in [-0.25, -0.2) is 9.18 Å². The summed E-state index contributed by atoms with van der Waals surface area (Å²) >= 11 is 0. The summed E-state index contributed by atoms with van der Waals surface area (Å²) in [5, 5.41) is 24.8. The predicted molar refractivity (Wildman–Crippen MR) is 145 cm³/mol. The average Bonchev–Trinajstić information content (AvgIpc) is 3.15. The summed E-state index contributed by atoms with van der Waals surface area (Å²) in [6, 6.07) is 3.49. The molecule has 2 N–H and O–H groups in total. The van der Waals surface area contributed by atoms with E-state index in [1.807, 2.05) is 13.1 Å². The van der Waals surface area contributed by atoms with Crippen LogP contribution in [0.2, 0.25) is 0 Å². The number of hydrogen-bond acceptors (Lipinski definition) is 6. The van der Waals surface area contributed by atoms with Crippen LogP contribution in [-0.4, -0.2) is 76.7 Å². The van der Waals surface area contributed by atoms with Crippen LogP contribution in [0.25, 0.3) is 0 Å². The Kier molecular flexibility index (Phi) is 6.46. The molecular weight excluding hydrogens is 483 g/mol. The lowest BCUT2D eigenvalue weighted by Crippen LogP contribution is -2.68. The van der Waals surface area contributed by atoms with Crippen molar-refractivity contribution in [1.29, 1.82) is 0 Å². The third kappa shape index (κ3) is 3.74. The molecule has 2 heterocycles. The van der Waals surface area contributed by atoms with Crippen molar-refractivity contribution in [3.05, 3.63) is 34.4 Å². The maximum absolute atomic E-state index is 15.0. The van der Waals surface area contributed by atoms with Crippen LogP contribution in [0.5, 0.6) is 0 Å². The topological polar surface area (TPSA) is 77.2 Å². The van der Waals surface area contributed by atoms with E-state index in [1.54, 1.807) is 6.26 Å². The third-order valence-electron chi connectivity index (χ3n) is 12.9. The Morgan fingerprint density at radius 1 is 1.00 bits per heavy atom. The summed E-state index contributed by atoms with van der Waals surface area (Å²) < 4.78 is 20.2. The van der Waals surface area contributed by atoms with Crippen LogP contribution in [0.4, 0.5) is 4.39 Å². The molecule has 1 aromatic heterocycles. The van der Waals surface area contributed by atoms with Crippen molar-refractivity contribution in [1.82, 2.24) is 9.80 Å². The van der Waals surface area contributed by atoms with Gasteiger partial charge in [0.2, 0.25) is 0 Å². The van der Waals surface area contributed by atoms with Crippen molar-refractivity contribution < 1.29 is 19.0 Å². The normalized spacial score (nSPS) is 49.4. The standard InChI is InChI=1S/C31H47FN2O4/c1-28-12-7-21(34(4)26-11-16-33(3)18-25(26)32)17-30(28,36)14-9-24-23(28)8-13-29(2)22(10-15-31(24,29)37)20-5-6-27(35)38-19-20/h5-6,19,21-26,36-37H,7-18H2,1-4H3/t21-,22+,23-,24+,25+,26?,28+,29+,30-,31-/m0/s1. The number of halogens is 1. The maximum atomic E-state index is 15.0. The molecule has 0 spiro atoms. The number of aliphatic hydroxyl groups is 2. The molecule has 1 aliphatic heterocycles. The van der Waals surface area contributed by atoms with Crippen LogP contribution in [0, 0.1) is 22.7 Å². The smallest absolute Gasteiger partial charge is 0.335 e. The first kappa shape index (κ1) is 26.9. The van der Waals surface area contributed by atoms with E-state index >= 15 is 4.39 Å². The van der Waals surface area contributed by atoms with Gasteiger partial charge in [0.05, 0.1) is 17.5 Å². The van der Waals surface area contributed by atoms with Crippen LogP contribution < -0.4 is 5.63 Å². The summed E-state index contributed by atoms with van der Waals surface area (Å²) in [4.78, 5) is 15.9. The zero-order valence-electron chi connectivity index (χ0n) is 23.7. The minimum absolute atomic E-state index is 0.0746. The summed E-state index contributed by atoms with van der Waals surface area (Å²) in [7, 11) is 4.06. The lowest BCUT2D eigenvalue weighted by atomic mass is 9.41. The Balaban J connectivity index is 1.23. The lowest BCUT2D eigenvalue weighted by molar-refractivity contribution is -0.251. The summed E-state index contributed by atoms with van der Waals surface area (Å²) in [6.45, 7) is 5.94. The molecule has 0 radical (unpaired) electrons. The first-order valence-corrected chi connectivity index (χ1v) is 15.0. The van der Waals surface area contributed by atoms with E-state index in [2.05, 4.69) is 30.7 Å². The third-order valence-corrected chi connectivity index (χ3v) is 12.9. The minimum Gasteiger partial charge on any atom is -0.431 e. The molecule has 5 fully saturated rings. The van der Waals surface area contributed by atoms with E-state index in [1.165, 1.54) is 6.07 Å². The van der Waals surface area contributed by atoms with Gasteiger partial charge in [0, 0.05) is 30.1 Å². The Hall–Kier alpha value is -1.28. The number of hydrogen-bond donors (Lipinski definition) is 2. The van der Waals surface area contributed by atoms with Crippen molar-refractivity contribution >= 4 is 0 Å². The van der Waals surface area contributed by atoms with Crippen molar-refractivity contribution in [2.75, 3.05) is 27.2 Å². The van der Waals surface area contributed by atoms with Crippen molar-refractivity contribution in [3.8, 4) is 0 Å². The maximum Gasteiger partial charge on any atom is 0.335 e. The van der Waals surface area contributed by atoms with Crippen molar-refractivity contribution in [2.24, 2.45) is 22.7 Å². The Morgan fingerprint density at radius 2 is 1.74 bits per heavy atom. The number of fused-ring (bicyclic) bond motifs is 5. The first-order chi connectivity index (χ1) is 17.9. The fraction of sp³-hybridized carbons (Fsp3) is 0.839. The van der Waals surface area contributed by atoms with E-state index in [-0.39, 0.29) is 46.3 Å². The molecule has 4 aliphatic carbocycles. The molecule has 38 heavy (non-hydrogen) atoms. The highest BCUT2D eigenvalue weighted by molar-refractivity contribution is 5.28. The molecule has 4 saturated carbocycles. The zero-order valence-corrected chi connectivity index (χ0v) is 23.7. The Morgan fingerprint density at radius 3 is 2.45 bits per heavy atom. The number of piperidine rings is 1. The molecule has 7 heteroatoms. The molecule has 1 saturated heterocycles. The second kappa shape index (κ2) is 9.12. The van der Waals surface area contributed by atoms with Crippen LogP contribution >= 0.6 is 0 Å². The summed E-state index contributed by atoms with van der Waals surface area (Å²) in [5.74, 6) is 0.597. The molecule has 1 unspecified atom stereocenters. The van der Waals surface area contributed by atoms with Crippen LogP contribution in [0.15, 0.2) is 27.6 Å². The van der Waals surface area contributed by atoms with Gasteiger partial charge in [-0.3, -0.25) is 4.90 Å². The van der Waals surface area contributed by atoms with E-state index in [9.17, 15) is 15.0 Å². The molecule has 0 aromatic carbocycles. The van der Waals surface area contributed by atoms with Crippen molar-refractivity contribution in [2.45, 2.75) is 113 Å². The van der Waals surface area contributed by atoms with E-state index in [0.717, 1.165) is 63.5 Å². The highest BCUT2D eigenvalue weighted by Crippen LogP contribution is 2.71. The number of alkyl halides is 1. The van der Waals surface area contributed by atoms with Gasteiger partial charge in [-0.05, 0) is 120 Å². The highest BCUT2D eigenvalue weighted by atomic mass is 19.1. The van der Waals surface area contributed by atoms with Gasteiger partial charge in [0.15, 0.2) is 0 Å². The second-order valence-corrected chi connectivity index (χ2v) is 14.3. The van der Waals surface area contributed by atoms with Crippen LogP contribution in [0.1, 0.15) is 89.5 Å². The van der Waals surface area contributed by atoms with Gasteiger partial charge in [0.25, 0.3) is 0 Å². The molecule has 10 atom stereocenters. The van der Waals surface area contributed by atoms with Crippen LogP contribution in [-0.2, 0) is 0 Å². The molecule has 0 amide bonds. The minimum atomic E-state index is -0.851. The molecular formula is C31H47FN2O4. The highest BCUT2D eigenvalue weighted by Gasteiger charge is 2.70. The van der Waals surface area contributed by atoms with E-state index in [4.69, 9.17) is 4.42 Å². The Labute approximate surface area is 226 Å². The second-order valence-electron chi connectivity index (χ2n) is 14.3.